The summed E-state index contributed by atoms with van der Waals surface area (Å²) in [7, 11) is 1.58. The van der Waals surface area contributed by atoms with Gasteiger partial charge in [-0.1, -0.05) is 38.1 Å². The standard InChI is InChI=1S/C18H22N4O2/c1-10(2)8-11-4-6-12(7-5-11)13-9-14(23)20-17-15(13)16(21-22-17)18(24)19-3/h4-7,10,13H,8-9H2,1-3H3,(H,19,24)(H2,20,21,22,23)/t13-/m1/s1. The molecule has 0 bridgehead atoms. The van der Waals surface area contributed by atoms with Gasteiger partial charge in [-0.2, -0.15) is 5.10 Å². The van der Waals surface area contributed by atoms with E-state index in [0.717, 1.165) is 17.5 Å². The van der Waals surface area contributed by atoms with Crippen molar-refractivity contribution in [3.63, 3.8) is 0 Å². The van der Waals surface area contributed by atoms with Gasteiger partial charge >= 0.3 is 0 Å². The molecule has 1 aromatic carbocycles. The molecule has 126 valence electrons. The molecular formula is C18H22N4O2. The third-order valence-electron chi connectivity index (χ3n) is 4.28. The Hall–Kier alpha value is -2.63. The quantitative estimate of drug-likeness (QED) is 0.806. The summed E-state index contributed by atoms with van der Waals surface area (Å²) in [5.74, 6) is 0.542. The van der Waals surface area contributed by atoms with Crippen molar-refractivity contribution in [1.82, 2.24) is 15.5 Å². The molecule has 1 aliphatic rings. The normalized spacial score (nSPS) is 16.7. The fraction of sp³-hybridized carbons (Fsp3) is 0.389. The molecule has 6 nitrogen and oxygen atoms in total. The number of rotatable bonds is 4. The van der Waals surface area contributed by atoms with Crippen molar-refractivity contribution < 1.29 is 9.59 Å². The van der Waals surface area contributed by atoms with Crippen LogP contribution in [0.3, 0.4) is 0 Å². The van der Waals surface area contributed by atoms with Crippen LogP contribution >= 0.6 is 0 Å². The first-order chi connectivity index (χ1) is 11.5. The second kappa shape index (κ2) is 6.47. The first-order valence-corrected chi connectivity index (χ1v) is 8.18. The molecule has 0 saturated heterocycles. The van der Waals surface area contributed by atoms with Crippen LogP contribution < -0.4 is 10.6 Å². The minimum absolute atomic E-state index is 0.0892. The molecule has 0 spiro atoms. The molecule has 2 aromatic rings. The highest BCUT2D eigenvalue weighted by molar-refractivity contribution is 6.00. The lowest BCUT2D eigenvalue weighted by atomic mass is 9.85. The lowest BCUT2D eigenvalue weighted by molar-refractivity contribution is -0.116. The van der Waals surface area contributed by atoms with E-state index in [1.807, 2.05) is 12.1 Å². The van der Waals surface area contributed by atoms with Crippen molar-refractivity contribution in [3.05, 3.63) is 46.6 Å². The summed E-state index contributed by atoms with van der Waals surface area (Å²) < 4.78 is 0. The molecule has 1 aliphatic heterocycles. The lowest BCUT2D eigenvalue weighted by Crippen LogP contribution is -2.26. The monoisotopic (exact) mass is 326 g/mol. The molecule has 24 heavy (non-hydrogen) atoms. The molecule has 0 aliphatic carbocycles. The topological polar surface area (TPSA) is 86.9 Å². The Morgan fingerprint density at radius 1 is 1.33 bits per heavy atom. The van der Waals surface area contributed by atoms with Crippen LogP contribution in [0.5, 0.6) is 0 Å². The minimum atomic E-state index is -0.235. The van der Waals surface area contributed by atoms with Gasteiger partial charge in [0.2, 0.25) is 5.91 Å². The van der Waals surface area contributed by atoms with Gasteiger partial charge in [0.25, 0.3) is 5.91 Å². The zero-order valence-corrected chi connectivity index (χ0v) is 14.1. The Kier molecular flexibility index (Phi) is 4.38. The SMILES string of the molecule is CNC(=O)c1[nH]nc2c1[C@@H](c1ccc(CC(C)C)cc1)CC(=O)N2. The van der Waals surface area contributed by atoms with Gasteiger partial charge in [0.05, 0.1) is 0 Å². The van der Waals surface area contributed by atoms with Gasteiger partial charge in [-0.05, 0) is 23.5 Å². The number of nitrogens with zero attached hydrogens (tertiary/aromatic N) is 1. The Morgan fingerprint density at radius 2 is 2.04 bits per heavy atom. The van der Waals surface area contributed by atoms with Crippen LogP contribution in [0.1, 0.15) is 53.4 Å². The first kappa shape index (κ1) is 16.2. The van der Waals surface area contributed by atoms with E-state index in [9.17, 15) is 9.59 Å². The lowest BCUT2D eigenvalue weighted by Gasteiger charge is -2.23. The number of H-pyrrole nitrogens is 1. The summed E-state index contributed by atoms with van der Waals surface area (Å²) in [5, 5.41) is 12.2. The zero-order chi connectivity index (χ0) is 17.3. The van der Waals surface area contributed by atoms with Gasteiger partial charge in [-0.25, -0.2) is 0 Å². The van der Waals surface area contributed by atoms with Crippen molar-refractivity contribution in [1.29, 1.82) is 0 Å². The third kappa shape index (κ3) is 3.04. The van der Waals surface area contributed by atoms with Gasteiger partial charge in [-0.3, -0.25) is 14.7 Å². The molecule has 3 N–H and O–H groups in total. The van der Waals surface area contributed by atoms with Crippen molar-refractivity contribution in [2.24, 2.45) is 5.92 Å². The molecule has 2 heterocycles. The van der Waals surface area contributed by atoms with Gasteiger partial charge in [0.15, 0.2) is 5.82 Å². The summed E-state index contributed by atoms with van der Waals surface area (Å²) in [4.78, 5) is 24.1. The minimum Gasteiger partial charge on any atom is -0.354 e. The molecule has 0 fully saturated rings. The third-order valence-corrected chi connectivity index (χ3v) is 4.28. The number of amides is 2. The number of hydrogen-bond donors (Lipinski definition) is 3. The van der Waals surface area contributed by atoms with Gasteiger partial charge in [-0.15, -0.1) is 0 Å². The number of hydrogen-bond acceptors (Lipinski definition) is 3. The van der Waals surface area contributed by atoms with E-state index in [4.69, 9.17) is 0 Å². The van der Waals surface area contributed by atoms with Gasteiger partial charge < -0.3 is 10.6 Å². The number of carbonyl (C=O) groups excluding carboxylic acids is 2. The molecular weight excluding hydrogens is 304 g/mol. The highest BCUT2D eigenvalue weighted by atomic mass is 16.2. The highest BCUT2D eigenvalue weighted by Gasteiger charge is 2.33. The fourth-order valence-corrected chi connectivity index (χ4v) is 3.20. The van der Waals surface area contributed by atoms with Crippen LogP contribution in [0.25, 0.3) is 0 Å². The summed E-state index contributed by atoms with van der Waals surface area (Å²) >= 11 is 0. The summed E-state index contributed by atoms with van der Waals surface area (Å²) in [6, 6.07) is 8.29. The highest BCUT2D eigenvalue weighted by Crippen LogP contribution is 2.38. The van der Waals surface area contributed by atoms with Gasteiger partial charge in [0.1, 0.15) is 5.69 Å². The van der Waals surface area contributed by atoms with Crippen LogP contribution in [-0.4, -0.2) is 29.1 Å². The number of nitrogens with one attached hydrogen (secondary N) is 3. The summed E-state index contributed by atoms with van der Waals surface area (Å²) in [6.07, 6.45) is 1.33. The van der Waals surface area contributed by atoms with E-state index in [1.54, 1.807) is 7.05 Å². The average molecular weight is 326 g/mol. The number of benzene rings is 1. The average Bonchev–Trinajstić information content (AvgIpc) is 2.97. The molecule has 6 heteroatoms. The number of fused-ring (bicyclic) bond motifs is 1. The summed E-state index contributed by atoms with van der Waals surface area (Å²) in [6.45, 7) is 4.37. The molecule has 0 radical (unpaired) electrons. The molecule has 0 unspecified atom stereocenters. The van der Waals surface area contributed by atoms with Crippen LogP contribution in [0.2, 0.25) is 0 Å². The number of anilines is 1. The predicted octanol–water partition coefficient (Wildman–Crippen LogP) is 2.44. The molecule has 0 saturated carbocycles. The largest absolute Gasteiger partial charge is 0.354 e. The fourth-order valence-electron chi connectivity index (χ4n) is 3.20. The number of aromatic nitrogens is 2. The maximum Gasteiger partial charge on any atom is 0.269 e. The van der Waals surface area contributed by atoms with Crippen LogP contribution in [0.15, 0.2) is 24.3 Å². The Bertz CT molecular complexity index is 762. The smallest absolute Gasteiger partial charge is 0.269 e. The zero-order valence-electron chi connectivity index (χ0n) is 14.1. The molecule has 1 aromatic heterocycles. The predicted molar refractivity (Wildman–Crippen MR) is 92.1 cm³/mol. The van der Waals surface area contributed by atoms with Gasteiger partial charge in [0, 0.05) is 24.9 Å². The Morgan fingerprint density at radius 3 is 2.67 bits per heavy atom. The van der Waals surface area contributed by atoms with E-state index in [2.05, 4.69) is 46.8 Å². The van der Waals surface area contributed by atoms with Crippen LogP contribution in [0, 0.1) is 5.92 Å². The Balaban J connectivity index is 1.98. The Labute approximate surface area is 141 Å². The maximum absolute atomic E-state index is 12.1. The van der Waals surface area contributed by atoms with Crippen molar-refractivity contribution in [2.75, 3.05) is 12.4 Å². The van der Waals surface area contributed by atoms with Crippen LogP contribution in [-0.2, 0) is 11.2 Å². The maximum atomic E-state index is 12.1. The number of aromatic amines is 1. The second-order valence-electron chi connectivity index (χ2n) is 6.58. The summed E-state index contributed by atoms with van der Waals surface area (Å²) in [5.41, 5.74) is 3.45. The first-order valence-electron chi connectivity index (χ1n) is 8.18. The molecule has 1 atom stereocenters. The van der Waals surface area contributed by atoms with E-state index >= 15 is 0 Å². The van der Waals surface area contributed by atoms with Crippen molar-refractivity contribution in [2.45, 2.75) is 32.6 Å². The number of carbonyl (C=O) groups is 2. The van der Waals surface area contributed by atoms with Crippen molar-refractivity contribution >= 4 is 17.6 Å². The van der Waals surface area contributed by atoms with E-state index in [-0.39, 0.29) is 17.7 Å². The van der Waals surface area contributed by atoms with E-state index in [0.29, 0.717) is 23.9 Å². The van der Waals surface area contributed by atoms with Crippen molar-refractivity contribution in [3.8, 4) is 0 Å². The molecule has 3 rings (SSSR count). The van der Waals surface area contributed by atoms with E-state index in [1.165, 1.54) is 5.56 Å². The second-order valence-corrected chi connectivity index (χ2v) is 6.58. The van der Waals surface area contributed by atoms with E-state index < -0.39 is 0 Å². The van der Waals surface area contributed by atoms with Crippen LogP contribution in [0.4, 0.5) is 5.82 Å². The molecule has 2 amide bonds.